The van der Waals surface area contributed by atoms with Crippen LogP contribution in [0.2, 0.25) is 0 Å². The van der Waals surface area contributed by atoms with Crippen LogP contribution in [0.25, 0.3) is 0 Å². The molecule has 12 heteroatoms. The van der Waals surface area contributed by atoms with Crippen LogP contribution in [0.15, 0.2) is 156 Å². The summed E-state index contributed by atoms with van der Waals surface area (Å²) in [7, 11) is 0. The average molecular weight is 759 g/mol. The van der Waals surface area contributed by atoms with Crippen LogP contribution >= 0.6 is 0 Å². The Morgan fingerprint density at radius 1 is 0.491 bits per heavy atom. The summed E-state index contributed by atoms with van der Waals surface area (Å²) in [5.74, 6) is -1.92. The number of amides is 2. The van der Waals surface area contributed by atoms with Crippen LogP contribution in [0.1, 0.15) is 54.4 Å². The van der Waals surface area contributed by atoms with Crippen molar-refractivity contribution >= 4 is 47.6 Å². The molecule has 0 unspecified atom stereocenters. The number of esters is 2. The molecule has 4 aromatic carbocycles. The molecule has 6 rings (SSSR count). The van der Waals surface area contributed by atoms with Crippen LogP contribution in [-0.2, 0) is 38.7 Å². The van der Waals surface area contributed by atoms with Gasteiger partial charge in [0.05, 0.1) is 46.3 Å². The number of pyridine rings is 2. The Hall–Kier alpha value is -7.60. The standard InChI is InChI=1S/C45H38N6O6/c52-42(56-30-34-7-3-1-4-8-34)28-50-44(54)36-15-21-40(46-24-36)26-48-38-17-11-32(12-18-38)23-33-13-19-39(20-14-33)49-27-41-22-16-37(25-47-41)45(55)51-29-43(53)57-31-35-9-5-2-6-10-35/h1-22,24-27H,23,28-31H2,(H,50,54)(H,51,55). The summed E-state index contributed by atoms with van der Waals surface area (Å²) in [5, 5.41) is 5.10. The maximum Gasteiger partial charge on any atom is 0.325 e. The highest BCUT2D eigenvalue weighted by molar-refractivity contribution is 5.97. The van der Waals surface area contributed by atoms with Crippen molar-refractivity contribution in [3.05, 3.63) is 191 Å². The summed E-state index contributed by atoms with van der Waals surface area (Å²) < 4.78 is 10.4. The summed E-state index contributed by atoms with van der Waals surface area (Å²) >= 11 is 0. The molecule has 0 aliphatic rings. The van der Waals surface area contributed by atoms with Crippen molar-refractivity contribution < 1.29 is 28.7 Å². The molecule has 12 nitrogen and oxygen atoms in total. The fourth-order valence-electron chi connectivity index (χ4n) is 5.24. The van der Waals surface area contributed by atoms with E-state index in [-0.39, 0.29) is 26.3 Å². The Kier molecular flexibility index (Phi) is 13.8. The van der Waals surface area contributed by atoms with Crippen LogP contribution in [0.4, 0.5) is 11.4 Å². The zero-order valence-electron chi connectivity index (χ0n) is 30.8. The van der Waals surface area contributed by atoms with Gasteiger partial charge in [0, 0.05) is 12.4 Å². The topological polar surface area (TPSA) is 161 Å². The van der Waals surface area contributed by atoms with E-state index in [1.165, 1.54) is 12.4 Å². The monoisotopic (exact) mass is 758 g/mol. The van der Waals surface area contributed by atoms with Gasteiger partial charge in [-0.3, -0.25) is 39.1 Å². The van der Waals surface area contributed by atoms with Crippen LogP contribution in [0, 0.1) is 0 Å². The van der Waals surface area contributed by atoms with Gasteiger partial charge in [-0.1, -0.05) is 84.9 Å². The first-order chi connectivity index (χ1) is 27.9. The van der Waals surface area contributed by atoms with Gasteiger partial charge in [0.2, 0.25) is 0 Å². The van der Waals surface area contributed by atoms with Gasteiger partial charge >= 0.3 is 11.9 Å². The van der Waals surface area contributed by atoms with Crippen molar-refractivity contribution in [2.75, 3.05) is 13.1 Å². The van der Waals surface area contributed by atoms with Crippen molar-refractivity contribution in [2.45, 2.75) is 19.6 Å². The van der Waals surface area contributed by atoms with Crippen LogP contribution in [0.3, 0.4) is 0 Å². The number of ether oxygens (including phenoxy) is 2. The Bertz CT molecular complexity index is 2150. The normalized spacial score (nSPS) is 10.9. The fraction of sp³-hybridized carbons (Fsp3) is 0.111. The van der Waals surface area contributed by atoms with E-state index in [1.807, 2.05) is 109 Å². The quantitative estimate of drug-likeness (QED) is 0.0834. The number of nitrogens with one attached hydrogen (secondary N) is 2. The van der Waals surface area contributed by atoms with Crippen LogP contribution < -0.4 is 10.6 Å². The van der Waals surface area contributed by atoms with Gasteiger partial charge in [-0.05, 0) is 77.2 Å². The lowest BCUT2D eigenvalue weighted by molar-refractivity contribution is -0.144. The molecule has 2 heterocycles. The maximum atomic E-state index is 12.4. The summed E-state index contributed by atoms with van der Waals surface area (Å²) in [5.41, 5.74) is 7.24. The first kappa shape index (κ1) is 39.1. The minimum Gasteiger partial charge on any atom is -0.460 e. The second-order valence-corrected chi connectivity index (χ2v) is 12.6. The summed E-state index contributed by atoms with van der Waals surface area (Å²) in [4.78, 5) is 66.5. The fourth-order valence-corrected chi connectivity index (χ4v) is 5.24. The third-order valence-electron chi connectivity index (χ3n) is 8.34. The van der Waals surface area contributed by atoms with E-state index in [1.54, 1.807) is 36.7 Å². The van der Waals surface area contributed by atoms with Gasteiger partial charge < -0.3 is 20.1 Å². The number of carbonyl (C=O) groups is 4. The number of aromatic nitrogens is 2. The third kappa shape index (κ3) is 12.8. The largest absolute Gasteiger partial charge is 0.460 e. The van der Waals surface area contributed by atoms with Gasteiger partial charge in [-0.15, -0.1) is 0 Å². The number of hydrogen-bond acceptors (Lipinski definition) is 10. The molecule has 0 saturated heterocycles. The molecule has 6 aromatic rings. The highest BCUT2D eigenvalue weighted by atomic mass is 16.5. The predicted molar refractivity (Wildman–Crippen MR) is 216 cm³/mol. The van der Waals surface area contributed by atoms with Gasteiger partial charge in [0.1, 0.15) is 26.3 Å². The smallest absolute Gasteiger partial charge is 0.325 e. The minimum absolute atomic E-state index is 0.142. The van der Waals surface area contributed by atoms with E-state index in [4.69, 9.17) is 9.47 Å². The molecule has 0 aliphatic heterocycles. The number of nitrogens with zero attached hydrogens (tertiary/aromatic N) is 4. The Morgan fingerprint density at radius 3 is 1.26 bits per heavy atom. The summed E-state index contributed by atoms with van der Waals surface area (Å²) in [6, 6.07) is 40.9. The molecule has 0 fully saturated rings. The second-order valence-electron chi connectivity index (χ2n) is 12.6. The Labute approximate surface area is 329 Å². The van der Waals surface area contributed by atoms with E-state index < -0.39 is 23.8 Å². The molecule has 2 amide bonds. The van der Waals surface area contributed by atoms with Crippen molar-refractivity contribution in [1.29, 1.82) is 0 Å². The first-order valence-electron chi connectivity index (χ1n) is 18.0. The lowest BCUT2D eigenvalue weighted by atomic mass is 10.0. The van der Waals surface area contributed by atoms with Crippen LogP contribution in [-0.4, -0.2) is 59.2 Å². The van der Waals surface area contributed by atoms with Crippen molar-refractivity contribution in [3.8, 4) is 0 Å². The SMILES string of the molecule is O=C(CNC(=O)c1ccc(C=Nc2ccc(Cc3ccc(N=Cc4ccc(C(=O)NCC(=O)OCc5ccccc5)cn4)cc3)cc2)nc1)OCc1ccccc1. The van der Waals surface area contributed by atoms with Crippen molar-refractivity contribution in [1.82, 2.24) is 20.6 Å². The zero-order valence-corrected chi connectivity index (χ0v) is 30.8. The zero-order chi connectivity index (χ0) is 39.7. The Balaban J connectivity index is 0.903. The molecule has 57 heavy (non-hydrogen) atoms. The number of benzene rings is 4. The highest BCUT2D eigenvalue weighted by Crippen LogP contribution is 2.19. The number of rotatable bonds is 16. The second kappa shape index (κ2) is 20.2. The highest BCUT2D eigenvalue weighted by Gasteiger charge is 2.11. The van der Waals surface area contributed by atoms with Crippen molar-refractivity contribution in [3.63, 3.8) is 0 Å². The van der Waals surface area contributed by atoms with Crippen molar-refractivity contribution in [2.24, 2.45) is 9.98 Å². The molecular weight excluding hydrogens is 721 g/mol. The number of hydrogen-bond donors (Lipinski definition) is 2. The van der Waals surface area contributed by atoms with Gasteiger partial charge in [0.25, 0.3) is 11.8 Å². The molecule has 0 aliphatic carbocycles. The predicted octanol–water partition coefficient (Wildman–Crippen LogP) is 6.52. The van der Waals surface area contributed by atoms with Gasteiger partial charge in [0.15, 0.2) is 0 Å². The molecule has 0 bridgehead atoms. The first-order valence-corrected chi connectivity index (χ1v) is 18.0. The molecule has 0 saturated carbocycles. The maximum absolute atomic E-state index is 12.4. The number of carbonyl (C=O) groups excluding carboxylic acids is 4. The lowest BCUT2D eigenvalue weighted by Gasteiger charge is -2.07. The summed E-state index contributed by atoms with van der Waals surface area (Å²) in [6.07, 6.45) is 6.82. The summed E-state index contributed by atoms with van der Waals surface area (Å²) in [6.45, 7) is -0.208. The van der Waals surface area contributed by atoms with Gasteiger partial charge in [-0.25, -0.2) is 0 Å². The molecule has 2 aromatic heterocycles. The molecule has 0 spiro atoms. The number of aliphatic imine (C=N–C) groups is 2. The molecule has 284 valence electrons. The molecule has 0 atom stereocenters. The van der Waals surface area contributed by atoms with E-state index in [0.717, 1.165) is 40.0 Å². The Morgan fingerprint density at radius 2 is 0.895 bits per heavy atom. The van der Waals surface area contributed by atoms with Crippen LogP contribution in [0.5, 0.6) is 0 Å². The third-order valence-corrected chi connectivity index (χ3v) is 8.34. The van der Waals surface area contributed by atoms with Gasteiger partial charge in [-0.2, -0.15) is 0 Å². The molecule has 0 radical (unpaired) electrons. The van der Waals surface area contributed by atoms with E-state index in [9.17, 15) is 19.2 Å². The molecular formula is C45H38N6O6. The van der Waals surface area contributed by atoms with E-state index in [0.29, 0.717) is 22.5 Å². The minimum atomic E-state index is -0.531. The molecule has 2 N–H and O–H groups in total. The van der Waals surface area contributed by atoms with E-state index >= 15 is 0 Å². The van der Waals surface area contributed by atoms with E-state index in [2.05, 4.69) is 30.6 Å². The average Bonchev–Trinajstić information content (AvgIpc) is 3.26. The lowest BCUT2D eigenvalue weighted by Crippen LogP contribution is -2.30.